The van der Waals surface area contributed by atoms with Crippen LogP contribution >= 0.6 is 11.3 Å². The van der Waals surface area contributed by atoms with Crippen LogP contribution in [0.3, 0.4) is 0 Å². The lowest BCUT2D eigenvalue weighted by molar-refractivity contribution is 0.0995. The summed E-state index contributed by atoms with van der Waals surface area (Å²) in [6.07, 6.45) is 1.39. The highest BCUT2D eigenvalue weighted by atomic mass is 32.2. The van der Waals surface area contributed by atoms with Crippen LogP contribution < -0.4 is 15.8 Å². The molecule has 0 saturated heterocycles. The lowest BCUT2D eigenvalue weighted by Crippen LogP contribution is -2.16. The minimum atomic E-state index is -3.90. The van der Waals surface area contributed by atoms with Gasteiger partial charge in [0.05, 0.1) is 21.0 Å². The Bertz CT molecular complexity index is 1150. The van der Waals surface area contributed by atoms with Crippen LogP contribution in [0.15, 0.2) is 52.0 Å². The topological polar surface area (TPSA) is 132 Å². The van der Waals surface area contributed by atoms with Crippen LogP contribution in [0, 0.1) is 13.8 Å². The quantitative estimate of drug-likeness (QED) is 0.585. The zero-order valence-electron chi connectivity index (χ0n) is 15.0. The van der Waals surface area contributed by atoms with Gasteiger partial charge in [0.1, 0.15) is 0 Å². The van der Waals surface area contributed by atoms with Crippen molar-refractivity contribution in [3.05, 3.63) is 64.4 Å². The molecule has 3 aromatic rings. The Balaban J connectivity index is 1.78. The standard InChI is InChI=1S/C18H17N3O5S2/c1-10-5-6-12(9-14(10)28(19,24)25)20-18(23)16-11(2)8-15(27-16)21-17(22)13-4-3-7-26-13/h3-9H,1-2H3,(H,20,23)(H,21,22)(H2,19,24,25). The van der Waals surface area contributed by atoms with E-state index < -0.39 is 21.8 Å². The molecule has 2 amide bonds. The first-order chi connectivity index (χ1) is 13.1. The van der Waals surface area contributed by atoms with Crippen LogP contribution in [0.25, 0.3) is 0 Å². The molecule has 0 fully saturated rings. The Morgan fingerprint density at radius 3 is 2.43 bits per heavy atom. The third-order valence-corrected chi connectivity index (χ3v) is 6.06. The van der Waals surface area contributed by atoms with E-state index in [1.54, 1.807) is 38.1 Å². The number of furan rings is 1. The number of nitrogens with one attached hydrogen (secondary N) is 2. The number of benzene rings is 1. The van der Waals surface area contributed by atoms with Gasteiger partial charge in [-0.25, -0.2) is 13.6 Å². The summed E-state index contributed by atoms with van der Waals surface area (Å²) in [7, 11) is -3.90. The van der Waals surface area contributed by atoms with Gasteiger partial charge in [0.2, 0.25) is 10.0 Å². The number of sulfonamides is 1. The summed E-state index contributed by atoms with van der Waals surface area (Å²) in [5, 5.41) is 11.0. The summed E-state index contributed by atoms with van der Waals surface area (Å²) in [4.78, 5) is 25.0. The minimum absolute atomic E-state index is 0.0559. The number of thiophene rings is 1. The first-order valence-electron chi connectivity index (χ1n) is 8.05. The Morgan fingerprint density at radius 1 is 1.04 bits per heavy atom. The summed E-state index contributed by atoms with van der Waals surface area (Å²) < 4.78 is 28.3. The summed E-state index contributed by atoms with van der Waals surface area (Å²) in [6, 6.07) is 9.27. The number of hydrogen-bond acceptors (Lipinski definition) is 6. The van der Waals surface area contributed by atoms with Crippen LogP contribution in [-0.4, -0.2) is 20.2 Å². The Morgan fingerprint density at radius 2 is 1.79 bits per heavy atom. The highest BCUT2D eigenvalue weighted by Gasteiger charge is 2.18. The second-order valence-electron chi connectivity index (χ2n) is 6.03. The molecule has 3 rings (SSSR count). The van der Waals surface area contributed by atoms with Gasteiger partial charge in [-0.3, -0.25) is 9.59 Å². The molecule has 0 aliphatic carbocycles. The molecular weight excluding hydrogens is 402 g/mol. The van der Waals surface area contributed by atoms with Gasteiger partial charge in [-0.05, 0) is 55.3 Å². The van der Waals surface area contributed by atoms with Crippen LogP contribution in [0.5, 0.6) is 0 Å². The summed E-state index contributed by atoms with van der Waals surface area (Å²) in [5.74, 6) is -0.688. The molecule has 28 heavy (non-hydrogen) atoms. The monoisotopic (exact) mass is 419 g/mol. The number of aryl methyl sites for hydroxylation is 2. The van der Waals surface area contributed by atoms with E-state index in [9.17, 15) is 18.0 Å². The number of carbonyl (C=O) groups excluding carboxylic acids is 2. The number of rotatable bonds is 5. The van der Waals surface area contributed by atoms with E-state index in [1.807, 2.05) is 0 Å². The zero-order chi connectivity index (χ0) is 20.5. The fourth-order valence-electron chi connectivity index (χ4n) is 2.52. The zero-order valence-corrected chi connectivity index (χ0v) is 16.6. The van der Waals surface area contributed by atoms with Crippen molar-refractivity contribution in [2.75, 3.05) is 10.6 Å². The maximum absolute atomic E-state index is 12.6. The van der Waals surface area contributed by atoms with Crippen LogP contribution in [-0.2, 0) is 10.0 Å². The fraction of sp³-hybridized carbons (Fsp3) is 0.111. The smallest absolute Gasteiger partial charge is 0.291 e. The molecule has 0 radical (unpaired) electrons. The third-order valence-electron chi connectivity index (χ3n) is 3.86. The highest BCUT2D eigenvalue weighted by molar-refractivity contribution is 7.89. The highest BCUT2D eigenvalue weighted by Crippen LogP contribution is 2.28. The van der Waals surface area contributed by atoms with E-state index in [1.165, 1.54) is 18.4 Å². The Hall–Kier alpha value is -2.95. The van der Waals surface area contributed by atoms with E-state index in [0.29, 0.717) is 26.7 Å². The van der Waals surface area contributed by atoms with E-state index in [2.05, 4.69) is 10.6 Å². The van der Waals surface area contributed by atoms with Crippen LogP contribution in [0.4, 0.5) is 10.7 Å². The first kappa shape index (κ1) is 19.8. The van der Waals surface area contributed by atoms with Crippen LogP contribution in [0.1, 0.15) is 31.4 Å². The molecule has 0 aliphatic heterocycles. The molecule has 0 unspecified atom stereocenters. The molecule has 1 aromatic carbocycles. The van der Waals surface area contributed by atoms with Crippen molar-refractivity contribution < 1.29 is 22.4 Å². The lowest BCUT2D eigenvalue weighted by atomic mass is 10.2. The second kappa shape index (κ2) is 7.58. The number of primary sulfonamides is 1. The van der Waals surface area contributed by atoms with Gasteiger partial charge < -0.3 is 15.1 Å². The molecule has 2 heterocycles. The SMILES string of the molecule is Cc1ccc(NC(=O)c2sc(NC(=O)c3ccco3)cc2C)cc1S(N)(=O)=O. The van der Waals surface area contributed by atoms with Crippen molar-refractivity contribution in [3.63, 3.8) is 0 Å². The van der Waals surface area contributed by atoms with Gasteiger partial charge in [-0.2, -0.15) is 0 Å². The summed E-state index contributed by atoms with van der Waals surface area (Å²) >= 11 is 1.10. The molecule has 0 atom stereocenters. The molecule has 4 N–H and O–H groups in total. The molecule has 0 aliphatic rings. The Kier molecular flexibility index (Phi) is 5.36. The number of nitrogens with two attached hydrogens (primary N) is 1. The number of hydrogen-bond donors (Lipinski definition) is 3. The molecule has 2 aromatic heterocycles. The van der Waals surface area contributed by atoms with Crippen molar-refractivity contribution in [1.29, 1.82) is 0 Å². The predicted octanol–water partition coefficient (Wildman–Crippen LogP) is 3.11. The van der Waals surface area contributed by atoms with E-state index in [0.717, 1.165) is 11.3 Å². The predicted molar refractivity (Wildman–Crippen MR) is 106 cm³/mol. The number of anilines is 2. The second-order valence-corrected chi connectivity index (χ2v) is 8.62. The van der Waals surface area contributed by atoms with Gasteiger partial charge in [-0.15, -0.1) is 11.3 Å². The van der Waals surface area contributed by atoms with Gasteiger partial charge >= 0.3 is 0 Å². The lowest BCUT2D eigenvalue weighted by Gasteiger charge is -2.08. The van der Waals surface area contributed by atoms with E-state index in [4.69, 9.17) is 9.56 Å². The van der Waals surface area contributed by atoms with Gasteiger partial charge in [0.25, 0.3) is 11.8 Å². The number of carbonyl (C=O) groups is 2. The molecule has 0 bridgehead atoms. The Labute approximate surface area is 165 Å². The molecule has 10 heteroatoms. The largest absolute Gasteiger partial charge is 0.459 e. The number of amides is 2. The maximum Gasteiger partial charge on any atom is 0.291 e. The molecule has 146 valence electrons. The summed E-state index contributed by atoms with van der Waals surface area (Å²) in [5.41, 5.74) is 1.44. The van der Waals surface area contributed by atoms with Crippen molar-refractivity contribution in [2.24, 2.45) is 5.14 Å². The average Bonchev–Trinajstić information content (AvgIpc) is 3.25. The average molecular weight is 419 g/mol. The van der Waals surface area contributed by atoms with Crippen LogP contribution in [0.2, 0.25) is 0 Å². The maximum atomic E-state index is 12.6. The third kappa shape index (κ3) is 4.30. The van der Waals surface area contributed by atoms with Gasteiger partial charge in [0, 0.05) is 5.69 Å². The van der Waals surface area contributed by atoms with Gasteiger partial charge in [0.15, 0.2) is 5.76 Å². The van der Waals surface area contributed by atoms with Crippen molar-refractivity contribution in [2.45, 2.75) is 18.7 Å². The first-order valence-corrected chi connectivity index (χ1v) is 10.4. The molecule has 8 nitrogen and oxygen atoms in total. The molecule has 0 spiro atoms. The molecular formula is C18H17N3O5S2. The van der Waals surface area contributed by atoms with Crippen molar-refractivity contribution in [1.82, 2.24) is 0 Å². The molecule has 0 saturated carbocycles. The normalized spacial score (nSPS) is 11.2. The minimum Gasteiger partial charge on any atom is -0.459 e. The van der Waals surface area contributed by atoms with E-state index >= 15 is 0 Å². The fourth-order valence-corrected chi connectivity index (χ4v) is 4.29. The summed E-state index contributed by atoms with van der Waals surface area (Å²) in [6.45, 7) is 3.35. The van der Waals surface area contributed by atoms with E-state index in [-0.39, 0.29) is 10.7 Å². The van der Waals surface area contributed by atoms with Crippen molar-refractivity contribution in [3.8, 4) is 0 Å². The van der Waals surface area contributed by atoms with Crippen molar-refractivity contribution >= 4 is 43.9 Å². The van der Waals surface area contributed by atoms with Gasteiger partial charge in [-0.1, -0.05) is 6.07 Å².